The van der Waals surface area contributed by atoms with Crippen LogP contribution in [-0.4, -0.2) is 6.94 Å². The first-order valence-corrected chi connectivity index (χ1v) is 41.7. The average Bonchev–Trinajstić information content (AvgIpc) is 3.78. The molecule has 2 aliphatic carbocycles. The predicted octanol–water partition coefficient (Wildman–Crippen LogP) is 11.5. The first-order chi connectivity index (χ1) is 24.1. The molecule has 2 heteroatoms. The molecule has 248 valence electrons. The molecule has 0 amide bonds. The maximum atomic E-state index is 2.87. The second-order valence-electron chi connectivity index (χ2n) is 17.1. The molecule has 0 saturated heterocycles. The molecule has 6 aromatic rings. The van der Waals surface area contributed by atoms with Crippen molar-refractivity contribution in [2.24, 2.45) is 0 Å². The van der Waals surface area contributed by atoms with Crippen LogP contribution in [0.4, 0.5) is 0 Å². The van der Waals surface area contributed by atoms with Gasteiger partial charge in [0.2, 0.25) is 0 Å². The molecule has 0 bridgehead atoms. The van der Waals surface area contributed by atoms with Gasteiger partial charge in [0.05, 0.1) is 0 Å². The molecule has 0 N–H and O–H groups in total. The van der Waals surface area contributed by atoms with Crippen LogP contribution in [0.1, 0.15) is 56.3 Å². The summed E-state index contributed by atoms with van der Waals surface area (Å²) in [6, 6.07) is 60.1. The first kappa shape index (κ1) is 33.1. The van der Waals surface area contributed by atoms with E-state index in [2.05, 4.69) is 200 Å². The molecule has 0 fully saturated rings. The fourth-order valence-corrected chi connectivity index (χ4v) is 67.2. The van der Waals surface area contributed by atoms with Crippen LogP contribution in [0.5, 0.6) is 0 Å². The summed E-state index contributed by atoms with van der Waals surface area (Å²) in [6.07, 6.45) is 7.21. The zero-order valence-electron chi connectivity index (χ0n) is 29.9. The Morgan fingerprint density at radius 3 is 1.12 bits per heavy atom. The second-order valence-corrected chi connectivity index (χ2v) is 85.3. The minimum absolute atomic E-state index is 0.206. The van der Waals surface area contributed by atoms with E-state index in [1.807, 2.05) is 0 Å². The number of benzene rings is 6. The summed E-state index contributed by atoms with van der Waals surface area (Å²) in [4.78, 5) is 0. The van der Waals surface area contributed by atoms with Crippen molar-refractivity contribution in [2.45, 2.75) is 43.4 Å². The fraction of sp³-hybridized carbons (Fsp3) is 0.167. The van der Waals surface area contributed by atoms with Crippen LogP contribution in [0.3, 0.4) is 0 Å². The van der Waals surface area contributed by atoms with Gasteiger partial charge < -0.3 is 0 Å². The maximum absolute atomic E-state index is 6.12. The Bertz CT molecular complexity index is 2290. The van der Waals surface area contributed by atoms with Crippen molar-refractivity contribution in [1.82, 2.24) is 0 Å². The molecule has 0 heterocycles. The summed E-state index contributed by atoms with van der Waals surface area (Å²) in [5, 5.41) is 0. The van der Waals surface area contributed by atoms with Gasteiger partial charge in [-0.15, -0.1) is 0 Å². The van der Waals surface area contributed by atoms with Crippen LogP contribution in [-0.2, 0) is 14.2 Å². The number of rotatable bonds is 8. The van der Waals surface area contributed by atoms with Crippen LogP contribution >= 0.6 is 0 Å². The third kappa shape index (κ3) is 4.13. The Kier molecular flexibility index (Phi) is 7.23. The van der Waals surface area contributed by atoms with Crippen molar-refractivity contribution in [1.29, 1.82) is 0 Å². The summed E-state index contributed by atoms with van der Waals surface area (Å²) in [5.41, 5.74) is 14.1. The molecule has 50 heavy (non-hydrogen) atoms. The molecule has 2 atom stereocenters. The fourth-order valence-electron chi connectivity index (χ4n) is 11.5. The van der Waals surface area contributed by atoms with Gasteiger partial charge in [-0.25, -0.2) is 0 Å². The van der Waals surface area contributed by atoms with Crippen LogP contribution in [0.25, 0.3) is 34.4 Å². The summed E-state index contributed by atoms with van der Waals surface area (Å²) >= 11 is -6.12. The zero-order valence-corrected chi connectivity index (χ0v) is 34.9. The number of fused-ring (bicyclic) bond motifs is 2. The summed E-state index contributed by atoms with van der Waals surface area (Å²) < 4.78 is 9.21. The molecule has 0 aliphatic heterocycles. The standard InChI is InChI=1S/2C17H15.2C6H5.2CH3.Hf.H2Si/c2*1-2-13-11-15-9-6-10-16(17(15)12-13)14-7-4-3-5-8-14;2*1-2-4-6-5-3-1;;;;/h2*3-12H,2H2,1H3;2*1-5H;2*1H3;;1H2. The van der Waals surface area contributed by atoms with Gasteiger partial charge in [-0.05, 0) is 0 Å². The van der Waals surface area contributed by atoms with Crippen molar-refractivity contribution >= 4 is 25.7 Å². The normalized spacial score (nSPS) is 18.8. The van der Waals surface area contributed by atoms with E-state index in [1.54, 1.807) is 11.1 Å². The Labute approximate surface area is 294 Å². The van der Waals surface area contributed by atoms with E-state index >= 15 is 0 Å². The Balaban J connectivity index is 1.60. The van der Waals surface area contributed by atoms with Crippen LogP contribution in [0.2, 0.25) is 9.36 Å². The molecule has 6 aromatic carbocycles. The topological polar surface area (TPSA) is 0 Å². The van der Waals surface area contributed by atoms with Gasteiger partial charge in [-0.3, -0.25) is 0 Å². The van der Waals surface area contributed by atoms with Crippen molar-refractivity contribution < 1.29 is 14.2 Å². The molecular weight excluding hydrogens is 783 g/mol. The number of hydrogen-bond donors (Lipinski definition) is 0. The van der Waals surface area contributed by atoms with Crippen molar-refractivity contribution in [3.8, 4) is 22.3 Å². The quantitative estimate of drug-likeness (QED) is 0.134. The van der Waals surface area contributed by atoms with E-state index in [9.17, 15) is 0 Å². The molecule has 2 aliphatic rings. The molecular formula is C48H48HfSi. The van der Waals surface area contributed by atoms with Crippen LogP contribution in [0.15, 0.2) is 169 Å². The van der Waals surface area contributed by atoms with E-state index in [4.69, 9.17) is 0 Å². The summed E-state index contributed by atoms with van der Waals surface area (Å²) in [7, 11) is 0. The van der Waals surface area contributed by atoms with Gasteiger partial charge in [-0.1, -0.05) is 0 Å². The predicted molar refractivity (Wildman–Crippen MR) is 218 cm³/mol. The minimum atomic E-state index is -6.12. The second kappa shape index (κ2) is 10.9. The Hall–Kier alpha value is -4.11. The third-order valence-corrected chi connectivity index (χ3v) is 70.4. The summed E-state index contributed by atoms with van der Waals surface area (Å²) in [6.45, 7) is 7.27. The van der Waals surface area contributed by atoms with Crippen molar-refractivity contribution in [3.63, 3.8) is 0 Å². The van der Waals surface area contributed by atoms with E-state index < -0.39 is 14.2 Å². The Morgan fingerprint density at radius 2 is 0.780 bits per heavy atom. The van der Waals surface area contributed by atoms with Gasteiger partial charge in [0.25, 0.3) is 0 Å². The molecule has 0 nitrogen and oxygen atoms in total. The van der Waals surface area contributed by atoms with Crippen LogP contribution < -0.4 is 6.64 Å². The average molecular weight is 831 g/mol. The molecule has 0 spiro atoms. The monoisotopic (exact) mass is 832 g/mol. The molecule has 0 aromatic heterocycles. The van der Waals surface area contributed by atoms with E-state index in [0.29, 0.717) is 0 Å². The summed E-state index contributed by atoms with van der Waals surface area (Å²) in [5.74, 6) is 0. The number of allylic oxidation sites excluding steroid dienone is 2. The number of hydrogen-bond acceptors (Lipinski definition) is 0. The van der Waals surface area contributed by atoms with Gasteiger partial charge >= 0.3 is 297 Å². The van der Waals surface area contributed by atoms with E-state index in [1.165, 1.54) is 51.1 Å². The molecule has 2 unspecified atom stereocenters. The van der Waals surface area contributed by atoms with Crippen LogP contribution in [0, 0.1) is 0 Å². The zero-order chi connectivity index (χ0) is 34.7. The van der Waals surface area contributed by atoms with Gasteiger partial charge in [0, 0.05) is 0 Å². The third-order valence-electron chi connectivity index (χ3n) is 13.8. The van der Waals surface area contributed by atoms with E-state index in [-0.39, 0.29) is 7.35 Å². The van der Waals surface area contributed by atoms with Gasteiger partial charge in [-0.2, -0.15) is 0 Å². The SMILES string of the molecule is CCC1=Cc2c(-c3ccccc3)cccc2[CH]1[Hf]([CH3])([CH3])(=[SiH2])([c]1ccccc1)([c]1ccccc1)[CH]1C(CC)=Cc2c(-c3ccccc3)cccc21. The first-order valence-electron chi connectivity index (χ1n) is 18.5. The Morgan fingerprint density at radius 1 is 0.440 bits per heavy atom. The van der Waals surface area contributed by atoms with Gasteiger partial charge in [0.15, 0.2) is 0 Å². The molecule has 0 saturated carbocycles. The van der Waals surface area contributed by atoms with Gasteiger partial charge in [0.1, 0.15) is 0 Å². The van der Waals surface area contributed by atoms with Crippen molar-refractivity contribution in [3.05, 3.63) is 191 Å². The van der Waals surface area contributed by atoms with Crippen molar-refractivity contribution in [2.75, 3.05) is 0 Å². The van der Waals surface area contributed by atoms with E-state index in [0.717, 1.165) is 12.8 Å². The molecule has 0 radical (unpaired) electrons. The molecule has 8 rings (SSSR count).